The summed E-state index contributed by atoms with van der Waals surface area (Å²) < 4.78 is 7.08. The molecule has 0 bridgehead atoms. The van der Waals surface area contributed by atoms with Gasteiger partial charge < -0.3 is 15.2 Å². The maximum atomic E-state index is 12.1. The molecule has 0 aliphatic heterocycles. The van der Waals surface area contributed by atoms with Crippen LogP contribution >= 0.6 is 11.8 Å². The van der Waals surface area contributed by atoms with Gasteiger partial charge in [0.05, 0.1) is 12.9 Å². The summed E-state index contributed by atoms with van der Waals surface area (Å²) in [5.41, 5.74) is 1.58. The third kappa shape index (κ3) is 4.33. The van der Waals surface area contributed by atoms with E-state index in [0.29, 0.717) is 5.69 Å². The lowest BCUT2D eigenvalue weighted by atomic mass is 10.3. The summed E-state index contributed by atoms with van der Waals surface area (Å²) in [5.74, 6) is 1.04. The molecule has 25 heavy (non-hydrogen) atoms. The van der Waals surface area contributed by atoms with E-state index in [0.717, 1.165) is 16.6 Å². The van der Waals surface area contributed by atoms with Gasteiger partial charge in [0.2, 0.25) is 5.91 Å². The number of hydrogen-bond acceptors (Lipinski definition) is 5. The van der Waals surface area contributed by atoms with Gasteiger partial charge in [-0.15, -0.1) is 0 Å². The Balaban J connectivity index is 1.62. The second-order valence-electron chi connectivity index (χ2n) is 5.16. The molecule has 6 nitrogen and oxygen atoms in total. The van der Waals surface area contributed by atoms with Gasteiger partial charge >= 0.3 is 0 Å². The molecule has 7 heteroatoms. The highest BCUT2D eigenvalue weighted by atomic mass is 32.2. The van der Waals surface area contributed by atoms with Gasteiger partial charge in [0.1, 0.15) is 11.5 Å². The van der Waals surface area contributed by atoms with Crippen molar-refractivity contribution in [2.75, 3.05) is 18.2 Å². The summed E-state index contributed by atoms with van der Waals surface area (Å²) in [6, 6.07) is 14.0. The third-order valence-electron chi connectivity index (χ3n) is 3.44. The zero-order chi connectivity index (χ0) is 17.6. The van der Waals surface area contributed by atoms with Crippen LogP contribution in [0, 0.1) is 0 Å². The van der Waals surface area contributed by atoms with Crippen LogP contribution in [0.2, 0.25) is 0 Å². The molecule has 3 aromatic rings. The second-order valence-corrected chi connectivity index (χ2v) is 6.10. The zero-order valence-electron chi connectivity index (χ0n) is 13.5. The zero-order valence-corrected chi connectivity index (χ0v) is 14.4. The van der Waals surface area contributed by atoms with Crippen molar-refractivity contribution in [2.45, 2.75) is 5.16 Å². The van der Waals surface area contributed by atoms with Crippen molar-refractivity contribution in [2.24, 2.45) is 0 Å². The van der Waals surface area contributed by atoms with E-state index in [9.17, 15) is 9.90 Å². The fourth-order valence-electron chi connectivity index (χ4n) is 2.21. The fourth-order valence-corrected chi connectivity index (χ4v) is 2.98. The number of anilines is 1. The number of benzene rings is 2. The molecular weight excluding hydrogens is 338 g/mol. The number of ether oxygens (including phenoxy) is 1. The van der Waals surface area contributed by atoms with E-state index in [1.807, 2.05) is 35.0 Å². The summed E-state index contributed by atoms with van der Waals surface area (Å²) >= 11 is 1.35. The van der Waals surface area contributed by atoms with Crippen LogP contribution < -0.4 is 10.1 Å². The van der Waals surface area contributed by atoms with Crippen molar-refractivity contribution < 1.29 is 14.6 Å². The maximum Gasteiger partial charge on any atom is 0.234 e. The van der Waals surface area contributed by atoms with Crippen LogP contribution in [-0.2, 0) is 4.79 Å². The van der Waals surface area contributed by atoms with Crippen LogP contribution in [0.4, 0.5) is 5.69 Å². The van der Waals surface area contributed by atoms with Crippen LogP contribution in [0.25, 0.3) is 5.69 Å². The van der Waals surface area contributed by atoms with Crippen molar-refractivity contribution in [3.05, 3.63) is 60.9 Å². The van der Waals surface area contributed by atoms with Crippen molar-refractivity contribution in [3.8, 4) is 17.2 Å². The number of thioether (sulfide) groups is 1. The average molecular weight is 355 g/mol. The molecule has 0 aliphatic carbocycles. The first kappa shape index (κ1) is 16.9. The van der Waals surface area contributed by atoms with Gasteiger partial charge in [-0.05, 0) is 48.5 Å². The molecule has 3 rings (SSSR count). The summed E-state index contributed by atoms with van der Waals surface area (Å²) in [6.45, 7) is 0. The summed E-state index contributed by atoms with van der Waals surface area (Å²) in [7, 11) is 1.63. The lowest BCUT2D eigenvalue weighted by Crippen LogP contribution is -2.14. The second kappa shape index (κ2) is 7.76. The number of phenolic OH excluding ortho intramolecular Hbond substituents is 1. The summed E-state index contributed by atoms with van der Waals surface area (Å²) in [5, 5.41) is 12.8. The molecule has 128 valence electrons. The predicted molar refractivity (Wildman–Crippen MR) is 97.6 cm³/mol. The number of hydrogen-bond donors (Lipinski definition) is 2. The average Bonchev–Trinajstić information content (AvgIpc) is 3.10. The number of amides is 1. The number of carbonyl (C=O) groups is 1. The van der Waals surface area contributed by atoms with Crippen molar-refractivity contribution in [3.63, 3.8) is 0 Å². The number of aromatic nitrogens is 2. The molecule has 0 fully saturated rings. The Bertz CT molecular complexity index is 845. The Morgan fingerprint density at radius 3 is 2.60 bits per heavy atom. The topological polar surface area (TPSA) is 76.4 Å². The molecule has 0 atom stereocenters. The minimum Gasteiger partial charge on any atom is -0.508 e. The first-order valence-corrected chi connectivity index (χ1v) is 8.54. The Hall–Kier alpha value is -2.93. The Morgan fingerprint density at radius 2 is 1.92 bits per heavy atom. The number of rotatable bonds is 6. The highest BCUT2D eigenvalue weighted by Crippen LogP contribution is 2.22. The van der Waals surface area contributed by atoms with Gasteiger partial charge in [-0.1, -0.05) is 11.8 Å². The Kier molecular flexibility index (Phi) is 5.25. The van der Waals surface area contributed by atoms with Crippen LogP contribution in [-0.4, -0.2) is 33.4 Å². The van der Waals surface area contributed by atoms with Crippen LogP contribution in [0.5, 0.6) is 11.5 Å². The monoisotopic (exact) mass is 355 g/mol. The quantitative estimate of drug-likeness (QED) is 0.524. The SMILES string of the molecule is COc1ccc(-n2ccnc2SCC(=O)Nc2ccc(O)cc2)cc1. The minimum absolute atomic E-state index is 0.139. The van der Waals surface area contributed by atoms with Gasteiger partial charge in [0.25, 0.3) is 0 Å². The van der Waals surface area contributed by atoms with Gasteiger partial charge in [0, 0.05) is 23.8 Å². The number of phenols is 1. The van der Waals surface area contributed by atoms with E-state index in [1.165, 1.54) is 23.9 Å². The molecule has 1 aromatic heterocycles. The molecule has 0 saturated heterocycles. The Morgan fingerprint density at radius 1 is 1.20 bits per heavy atom. The minimum atomic E-state index is -0.139. The number of aromatic hydroxyl groups is 1. The van der Waals surface area contributed by atoms with E-state index in [-0.39, 0.29) is 17.4 Å². The highest BCUT2D eigenvalue weighted by molar-refractivity contribution is 7.99. The first-order chi connectivity index (χ1) is 12.2. The van der Waals surface area contributed by atoms with Gasteiger partial charge in [-0.25, -0.2) is 4.98 Å². The summed E-state index contributed by atoms with van der Waals surface area (Å²) in [6.07, 6.45) is 3.55. The van der Waals surface area contributed by atoms with Gasteiger partial charge in [-0.3, -0.25) is 9.36 Å². The number of nitrogens with zero attached hydrogens (tertiary/aromatic N) is 2. The predicted octanol–water partition coefficient (Wildman–Crippen LogP) is 3.32. The van der Waals surface area contributed by atoms with Crippen LogP contribution in [0.1, 0.15) is 0 Å². The number of carbonyl (C=O) groups excluding carboxylic acids is 1. The van der Waals surface area contributed by atoms with E-state index in [1.54, 1.807) is 25.4 Å². The number of imidazole rings is 1. The van der Waals surface area contributed by atoms with E-state index >= 15 is 0 Å². The first-order valence-electron chi connectivity index (χ1n) is 7.55. The van der Waals surface area contributed by atoms with Gasteiger partial charge in [0.15, 0.2) is 5.16 Å². The molecule has 0 radical (unpaired) electrons. The van der Waals surface area contributed by atoms with Crippen LogP contribution in [0.3, 0.4) is 0 Å². The lowest BCUT2D eigenvalue weighted by Gasteiger charge is -2.09. The van der Waals surface area contributed by atoms with Crippen molar-refractivity contribution in [1.29, 1.82) is 0 Å². The molecule has 2 aromatic carbocycles. The van der Waals surface area contributed by atoms with E-state index in [4.69, 9.17) is 4.74 Å². The molecule has 0 spiro atoms. The maximum absolute atomic E-state index is 12.1. The number of methoxy groups -OCH3 is 1. The van der Waals surface area contributed by atoms with Crippen LogP contribution in [0.15, 0.2) is 66.1 Å². The molecule has 0 unspecified atom stereocenters. The van der Waals surface area contributed by atoms with Crippen molar-refractivity contribution >= 4 is 23.4 Å². The smallest absolute Gasteiger partial charge is 0.234 e. The van der Waals surface area contributed by atoms with Crippen molar-refractivity contribution in [1.82, 2.24) is 9.55 Å². The molecule has 1 amide bonds. The summed E-state index contributed by atoms with van der Waals surface area (Å²) in [4.78, 5) is 16.4. The molecular formula is C18H17N3O3S. The lowest BCUT2D eigenvalue weighted by molar-refractivity contribution is -0.113. The number of nitrogens with one attached hydrogen (secondary N) is 1. The molecule has 2 N–H and O–H groups in total. The Labute approximate surface area is 149 Å². The largest absolute Gasteiger partial charge is 0.508 e. The van der Waals surface area contributed by atoms with E-state index in [2.05, 4.69) is 10.3 Å². The third-order valence-corrected chi connectivity index (χ3v) is 4.41. The van der Waals surface area contributed by atoms with E-state index < -0.39 is 0 Å². The fraction of sp³-hybridized carbons (Fsp3) is 0.111. The molecule has 0 aliphatic rings. The molecule has 1 heterocycles. The van der Waals surface area contributed by atoms with Gasteiger partial charge in [-0.2, -0.15) is 0 Å². The normalized spacial score (nSPS) is 10.4. The highest BCUT2D eigenvalue weighted by Gasteiger charge is 2.09. The standard InChI is InChI=1S/C18H17N3O3S/c1-24-16-8-4-14(5-9-16)21-11-10-19-18(21)25-12-17(23)20-13-2-6-15(22)7-3-13/h2-11,22H,12H2,1H3,(H,20,23). The molecule has 0 saturated carbocycles.